The van der Waals surface area contributed by atoms with Gasteiger partial charge in [-0.25, -0.2) is 4.79 Å². The Morgan fingerprint density at radius 3 is 2.86 bits per heavy atom. The summed E-state index contributed by atoms with van der Waals surface area (Å²) < 4.78 is 0. The highest BCUT2D eigenvalue weighted by molar-refractivity contribution is 7.98. The number of carboxylic acid groups (broad SMARTS) is 1. The Morgan fingerprint density at radius 1 is 1.18 bits per heavy atom. The number of thioether (sulfide) groups is 1. The SMILES string of the molecule is O=C(O)c1ccc2[nH]cc(CSCCC3CC(c4ccccc4)=CCN3)c2c1. The normalized spacial score (nSPS) is 16.9. The van der Waals surface area contributed by atoms with Crippen LogP contribution in [0.3, 0.4) is 0 Å². The quantitative estimate of drug-likeness (QED) is 0.499. The Balaban J connectivity index is 1.30. The number of nitrogens with one attached hydrogen (secondary N) is 2. The molecule has 3 aromatic rings. The van der Waals surface area contributed by atoms with Crippen LogP contribution in [-0.2, 0) is 5.75 Å². The molecule has 0 bridgehead atoms. The molecule has 1 aromatic heterocycles. The van der Waals surface area contributed by atoms with E-state index in [1.165, 1.54) is 16.7 Å². The third kappa shape index (κ3) is 4.32. The lowest BCUT2D eigenvalue weighted by Crippen LogP contribution is -2.33. The van der Waals surface area contributed by atoms with Crippen LogP contribution < -0.4 is 5.32 Å². The molecule has 28 heavy (non-hydrogen) atoms. The largest absolute Gasteiger partial charge is 0.478 e. The van der Waals surface area contributed by atoms with Crippen LogP contribution in [-0.4, -0.2) is 34.4 Å². The highest BCUT2D eigenvalue weighted by Crippen LogP contribution is 2.27. The fourth-order valence-electron chi connectivity index (χ4n) is 3.70. The topological polar surface area (TPSA) is 65.1 Å². The van der Waals surface area contributed by atoms with E-state index in [1.54, 1.807) is 12.1 Å². The molecule has 5 heteroatoms. The molecule has 0 fully saturated rings. The van der Waals surface area contributed by atoms with Crippen LogP contribution in [0.5, 0.6) is 0 Å². The van der Waals surface area contributed by atoms with Crippen LogP contribution in [0, 0.1) is 0 Å². The van der Waals surface area contributed by atoms with Crippen molar-refractivity contribution in [3.63, 3.8) is 0 Å². The summed E-state index contributed by atoms with van der Waals surface area (Å²) in [6, 6.07) is 16.4. The van der Waals surface area contributed by atoms with Gasteiger partial charge in [0.05, 0.1) is 5.56 Å². The summed E-state index contributed by atoms with van der Waals surface area (Å²) in [4.78, 5) is 14.5. The van der Waals surface area contributed by atoms with Gasteiger partial charge >= 0.3 is 5.97 Å². The van der Waals surface area contributed by atoms with Crippen LogP contribution in [0.4, 0.5) is 0 Å². The number of rotatable bonds is 7. The van der Waals surface area contributed by atoms with Crippen LogP contribution in [0.1, 0.15) is 34.3 Å². The molecule has 0 amide bonds. The van der Waals surface area contributed by atoms with Gasteiger partial charge in [0.25, 0.3) is 0 Å². The monoisotopic (exact) mass is 392 g/mol. The second kappa shape index (κ2) is 8.67. The van der Waals surface area contributed by atoms with E-state index in [0.717, 1.165) is 41.8 Å². The molecule has 0 saturated heterocycles. The highest BCUT2D eigenvalue weighted by Gasteiger charge is 2.16. The van der Waals surface area contributed by atoms with E-state index in [0.29, 0.717) is 11.6 Å². The van der Waals surface area contributed by atoms with Crippen molar-refractivity contribution < 1.29 is 9.90 Å². The third-order valence-electron chi connectivity index (χ3n) is 5.25. The van der Waals surface area contributed by atoms with Crippen LogP contribution >= 0.6 is 11.8 Å². The molecule has 4 rings (SSSR count). The third-order valence-corrected chi connectivity index (χ3v) is 6.29. The summed E-state index contributed by atoms with van der Waals surface area (Å²) in [7, 11) is 0. The van der Waals surface area contributed by atoms with E-state index < -0.39 is 5.97 Å². The zero-order valence-electron chi connectivity index (χ0n) is 15.7. The maximum atomic E-state index is 11.2. The first-order valence-electron chi connectivity index (χ1n) is 9.59. The molecule has 1 aliphatic rings. The Labute approximate surface area is 169 Å². The fraction of sp³-hybridized carbons (Fsp3) is 0.261. The van der Waals surface area contributed by atoms with Crippen molar-refractivity contribution in [2.24, 2.45) is 0 Å². The van der Waals surface area contributed by atoms with Crippen molar-refractivity contribution in [1.29, 1.82) is 0 Å². The molecule has 2 aromatic carbocycles. The van der Waals surface area contributed by atoms with Gasteiger partial charge in [-0.2, -0.15) is 11.8 Å². The summed E-state index contributed by atoms with van der Waals surface area (Å²) >= 11 is 1.90. The minimum atomic E-state index is -0.882. The number of benzene rings is 2. The van der Waals surface area contributed by atoms with Crippen LogP contribution in [0.15, 0.2) is 60.8 Å². The number of hydrogen-bond acceptors (Lipinski definition) is 3. The van der Waals surface area contributed by atoms with Gasteiger partial charge in [0, 0.05) is 35.4 Å². The standard InChI is InChI=1S/C23H24N2O2S/c26-23(27)18-6-7-22-21(13-18)19(14-25-22)15-28-11-9-20-12-17(8-10-24-20)16-4-2-1-3-5-16/h1-8,13-14,20,24-25H,9-12,15H2,(H,26,27). The van der Waals surface area contributed by atoms with Gasteiger partial charge in [-0.05, 0) is 53.5 Å². The Bertz CT molecular complexity index is 994. The van der Waals surface area contributed by atoms with Crippen molar-refractivity contribution in [3.8, 4) is 0 Å². The Hall–Kier alpha value is -2.50. The highest BCUT2D eigenvalue weighted by atomic mass is 32.2. The van der Waals surface area contributed by atoms with Crippen molar-refractivity contribution in [1.82, 2.24) is 10.3 Å². The minimum absolute atomic E-state index is 0.338. The molecule has 144 valence electrons. The molecule has 0 aliphatic carbocycles. The van der Waals surface area contributed by atoms with E-state index in [9.17, 15) is 9.90 Å². The second-order valence-corrected chi connectivity index (χ2v) is 8.23. The van der Waals surface area contributed by atoms with Crippen molar-refractivity contribution in [3.05, 3.63) is 77.5 Å². The lowest BCUT2D eigenvalue weighted by molar-refractivity contribution is 0.0697. The van der Waals surface area contributed by atoms with Gasteiger partial charge in [-0.15, -0.1) is 0 Å². The molecular formula is C23H24N2O2S. The van der Waals surface area contributed by atoms with Gasteiger partial charge in [-0.3, -0.25) is 0 Å². The van der Waals surface area contributed by atoms with E-state index in [2.05, 4.69) is 46.7 Å². The number of aromatic amines is 1. The van der Waals surface area contributed by atoms with Crippen molar-refractivity contribution in [2.75, 3.05) is 12.3 Å². The Morgan fingerprint density at radius 2 is 2.04 bits per heavy atom. The molecule has 1 unspecified atom stereocenters. The van der Waals surface area contributed by atoms with Gasteiger partial charge in [0.15, 0.2) is 0 Å². The number of fused-ring (bicyclic) bond motifs is 1. The summed E-state index contributed by atoms with van der Waals surface area (Å²) in [5.74, 6) is 1.08. The minimum Gasteiger partial charge on any atom is -0.478 e. The molecule has 1 atom stereocenters. The van der Waals surface area contributed by atoms with Gasteiger partial charge in [-0.1, -0.05) is 36.4 Å². The van der Waals surface area contributed by atoms with E-state index in [4.69, 9.17) is 0 Å². The molecule has 0 radical (unpaired) electrons. The van der Waals surface area contributed by atoms with E-state index >= 15 is 0 Å². The number of carboxylic acids is 1. The number of carbonyl (C=O) groups is 1. The number of aromatic nitrogens is 1. The Kier molecular flexibility index (Phi) is 5.84. The summed E-state index contributed by atoms with van der Waals surface area (Å²) in [5.41, 5.74) is 5.27. The predicted molar refractivity (Wildman–Crippen MR) is 117 cm³/mol. The first-order chi connectivity index (χ1) is 13.7. The number of hydrogen-bond donors (Lipinski definition) is 3. The van der Waals surface area contributed by atoms with Gasteiger partial charge in [0.1, 0.15) is 0 Å². The summed E-state index contributed by atoms with van der Waals surface area (Å²) in [6.45, 7) is 0.931. The molecule has 2 heterocycles. The number of H-pyrrole nitrogens is 1. The number of aromatic carboxylic acids is 1. The van der Waals surface area contributed by atoms with Crippen molar-refractivity contribution in [2.45, 2.75) is 24.6 Å². The van der Waals surface area contributed by atoms with Crippen LogP contribution in [0.25, 0.3) is 16.5 Å². The first kappa shape index (κ1) is 18.8. The smallest absolute Gasteiger partial charge is 0.335 e. The predicted octanol–water partition coefficient (Wildman–Crippen LogP) is 4.93. The van der Waals surface area contributed by atoms with E-state index in [-0.39, 0.29) is 0 Å². The molecule has 0 saturated carbocycles. The lowest BCUT2D eigenvalue weighted by Gasteiger charge is -2.24. The zero-order valence-corrected chi connectivity index (χ0v) is 16.5. The maximum Gasteiger partial charge on any atom is 0.335 e. The zero-order chi connectivity index (χ0) is 19.3. The first-order valence-corrected chi connectivity index (χ1v) is 10.7. The second-order valence-electron chi connectivity index (χ2n) is 7.13. The van der Waals surface area contributed by atoms with Gasteiger partial charge in [0.2, 0.25) is 0 Å². The maximum absolute atomic E-state index is 11.2. The molecule has 4 nitrogen and oxygen atoms in total. The van der Waals surface area contributed by atoms with E-state index in [1.807, 2.05) is 24.0 Å². The molecular weight excluding hydrogens is 368 g/mol. The lowest BCUT2D eigenvalue weighted by atomic mass is 9.94. The fourth-order valence-corrected chi connectivity index (χ4v) is 4.75. The molecule has 1 aliphatic heterocycles. The molecule has 0 spiro atoms. The summed E-state index contributed by atoms with van der Waals surface area (Å²) in [5, 5.41) is 13.8. The average Bonchev–Trinajstić information content (AvgIpc) is 3.14. The summed E-state index contributed by atoms with van der Waals surface area (Å²) in [6.07, 6.45) is 6.49. The average molecular weight is 393 g/mol. The van der Waals surface area contributed by atoms with Crippen LogP contribution in [0.2, 0.25) is 0 Å². The molecule has 3 N–H and O–H groups in total. The van der Waals surface area contributed by atoms with Crippen molar-refractivity contribution >= 4 is 34.2 Å². The van der Waals surface area contributed by atoms with Gasteiger partial charge < -0.3 is 15.4 Å².